The number of hydrogen-bond acceptors (Lipinski definition) is 5. The van der Waals surface area contributed by atoms with E-state index in [0.717, 1.165) is 55.4 Å². The smallest absolute Gasteiger partial charge is 0.319 e. The molecule has 1 saturated heterocycles. The third-order valence-electron chi connectivity index (χ3n) is 4.42. The number of carbonyl (C=O) groups excluding carboxylic acids is 1. The molecule has 1 aromatic carbocycles. The van der Waals surface area contributed by atoms with Crippen LogP contribution in [0.2, 0.25) is 0 Å². The van der Waals surface area contributed by atoms with Gasteiger partial charge < -0.3 is 20.3 Å². The van der Waals surface area contributed by atoms with E-state index < -0.39 is 0 Å². The number of aromatic nitrogens is 1. The minimum Gasteiger partial charge on any atom is -0.494 e. The van der Waals surface area contributed by atoms with Crippen LogP contribution in [0.15, 0.2) is 35.8 Å². The second-order valence-electron chi connectivity index (χ2n) is 6.37. The van der Waals surface area contributed by atoms with Crippen molar-refractivity contribution in [2.24, 2.45) is 0 Å². The molecule has 140 valence electrons. The van der Waals surface area contributed by atoms with E-state index in [1.54, 1.807) is 11.3 Å². The first-order chi connectivity index (χ1) is 12.8. The minimum atomic E-state index is -0.185. The summed E-state index contributed by atoms with van der Waals surface area (Å²) in [5, 5.41) is 8.87. The van der Waals surface area contributed by atoms with Crippen molar-refractivity contribution in [3.05, 3.63) is 35.8 Å². The van der Waals surface area contributed by atoms with Gasteiger partial charge in [-0.2, -0.15) is 0 Å². The number of unbranched alkanes of at least 4 members (excludes halogenated alkanes) is 1. The molecule has 0 saturated carbocycles. The molecule has 6 nitrogen and oxygen atoms in total. The number of carbonyl (C=O) groups is 1. The van der Waals surface area contributed by atoms with E-state index in [9.17, 15) is 4.79 Å². The number of ether oxygens (including phenoxy) is 1. The number of urea groups is 1. The number of amides is 2. The Morgan fingerprint density at radius 3 is 2.96 bits per heavy atom. The molecule has 2 heterocycles. The summed E-state index contributed by atoms with van der Waals surface area (Å²) in [5.41, 5.74) is 0.758. The lowest BCUT2D eigenvalue weighted by Gasteiger charge is -2.24. The number of thiazole rings is 1. The van der Waals surface area contributed by atoms with Crippen LogP contribution in [0, 0.1) is 0 Å². The highest BCUT2D eigenvalue weighted by molar-refractivity contribution is 7.13. The fourth-order valence-corrected chi connectivity index (χ4v) is 3.75. The van der Waals surface area contributed by atoms with E-state index in [4.69, 9.17) is 4.74 Å². The summed E-state index contributed by atoms with van der Waals surface area (Å²) in [7, 11) is 0. The normalized spacial score (nSPS) is 16.5. The van der Waals surface area contributed by atoms with E-state index in [1.165, 1.54) is 0 Å². The minimum absolute atomic E-state index is 0.185. The Kier molecular flexibility index (Phi) is 6.71. The molecule has 26 heavy (non-hydrogen) atoms. The van der Waals surface area contributed by atoms with Crippen LogP contribution in [0.4, 0.5) is 15.6 Å². The number of nitrogens with zero attached hydrogens (tertiary/aromatic N) is 2. The highest BCUT2D eigenvalue weighted by Gasteiger charge is 2.26. The molecule has 3 rings (SSSR count). The van der Waals surface area contributed by atoms with Crippen molar-refractivity contribution >= 4 is 28.2 Å². The van der Waals surface area contributed by atoms with Crippen molar-refractivity contribution < 1.29 is 9.53 Å². The van der Waals surface area contributed by atoms with Crippen LogP contribution in [0.25, 0.3) is 0 Å². The fourth-order valence-electron chi connectivity index (χ4n) is 3.01. The maximum absolute atomic E-state index is 12.2. The van der Waals surface area contributed by atoms with Gasteiger partial charge in [-0.1, -0.05) is 13.3 Å². The maximum Gasteiger partial charge on any atom is 0.319 e. The van der Waals surface area contributed by atoms with Gasteiger partial charge in [-0.15, -0.1) is 11.3 Å². The molecule has 1 aromatic heterocycles. The van der Waals surface area contributed by atoms with Gasteiger partial charge in [-0.05, 0) is 43.5 Å². The summed E-state index contributed by atoms with van der Waals surface area (Å²) in [6.07, 6.45) is 6.18. The third kappa shape index (κ3) is 5.11. The monoisotopic (exact) mass is 374 g/mol. The van der Waals surface area contributed by atoms with E-state index in [2.05, 4.69) is 27.4 Å². The van der Waals surface area contributed by atoms with Crippen molar-refractivity contribution in [3.63, 3.8) is 0 Å². The van der Waals surface area contributed by atoms with Gasteiger partial charge in [-0.25, -0.2) is 9.78 Å². The Morgan fingerprint density at radius 1 is 1.38 bits per heavy atom. The second-order valence-corrected chi connectivity index (χ2v) is 7.24. The van der Waals surface area contributed by atoms with Gasteiger partial charge in [0.1, 0.15) is 5.75 Å². The number of anilines is 2. The molecule has 2 N–H and O–H groups in total. The van der Waals surface area contributed by atoms with Crippen molar-refractivity contribution in [1.29, 1.82) is 0 Å². The lowest BCUT2D eigenvalue weighted by molar-refractivity contribution is 0.251. The number of nitrogens with one attached hydrogen (secondary N) is 2. The average molecular weight is 375 g/mol. The van der Waals surface area contributed by atoms with E-state index in [0.29, 0.717) is 12.6 Å². The largest absolute Gasteiger partial charge is 0.494 e. The van der Waals surface area contributed by atoms with Crippen molar-refractivity contribution in [1.82, 2.24) is 10.3 Å². The highest BCUT2D eigenvalue weighted by Crippen LogP contribution is 2.26. The topological polar surface area (TPSA) is 66.5 Å². The van der Waals surface area contributed by atoms with Gasteiger partial charge in [0.05, 0.1) is 6.61 Å². The van der Waals surface area contributed by atoms with Gasteiger partial charge in [0.15, 0.2) is 5.13 Å². The van der Waals surface area contributed by atoms with Crippen LogP contribution in [0.1, 0.15) is 32.6 Å². The van der Waals surface area contributed by atoms with Crippen molar-refractivity contribution in [2.45, 2.75) is 38.6 Å². The number of benzene rings is 1. The zero-order valence-electron chi connectivity index (χ0n) is 15.1. The molecular weight excluding hydrogens is 348 g/mol. The average Bonchev–Trinajstić information content (AvgIpc) is 3.33. The highest BCUT2D eigenvalue weighted by atomic mass is 32.1. The Morgan fingerprint density at radius 2 is 2.23 bits per heavy atom. The van der Waals surface area contributed by atoms with E-state index in [1.807, 2.05) is 35.8 Å². The summed E-state index contributed by atoms with van der Waals surface area (Å²) in [5.74, 6) is 0.828. The molecule has 1 unspecified atom stereocenters. The SMILES string of the molecule is CCCCOc1ccc(NC(=O)NCC2CCCN2c2nccs2)cc1. The summed E-state index contributed by atoms with van der Waals surface area (Å²) < 4.78 is 5.63. The van der Waals surface area contributed by atoms with Crippen LogP contribution in [0.3, 0.4) is 0 Å². The molecule has 0 spiro atoms. The second kappa shape index (κ2) is 9.43. The first-order valence-electron chi connectivity index (χ1n) is 9.20. The molecular formula is C19H26N4O2S. The van der Waals surface area contributed by atoms with Gasteiger partial charge in [0.25, 0.3) is 0 Å². The lowest BCUT2D eigenvalue weighted by atomic mass is 10.2. The molecule has 0 aliphatic carbocycles. The van der Waals surface area contributed by atoms with Gasteiger partial charge in [0, 0.05) is 36.4 Å². The predicted octanol–water partition coefficient (Wildman–Crippen LogP) is 4.11. The molecule has 0 radical (unpaired) electrons. The molecule has 7 heteroatoms. The van der Waals surface area contributed by atoms with Gasteiger partial charge >= 0.3 is 6.03 Å². The van der Waals surface area contributed by atoms with Gasteiger partial charge in [-0.3, -0.25) is 0 Å². The summed E-state index contributed by atoms with van der Waals surface area (Å²) in [6.45, 7) is 4.47. The Hall–Kier alpha value is -2.28. The zero-order chi connectivity index (χ0) is 18.2. The van der Waals surface area contributed by atoms with Crippen LogP contribution in [0.5, 0.6) is 5.75 Å². The Balaban J connectivity index is 1.44. The number of rotatable bonds is 8. The molecule has 1 aliphatic rings. The molecule has 1 aliphatic heterocycles. The molecule has 1 fully saturated rings. The van der Waals surface area contributed by atoms with Crippen LogP contribution >= 0.6 is 11.3 Å². The van der Waals surface area contributed by atoms with Crippen LogP contribution < -0.4 is 20.3 Å². The van der Waals surface area contributed by atoms with E-state index >= 15 is 0 Å². The molecule has 1 atom stereocenters. The fraction of sp³-hybridized carbons (Fsp3) is 0.474. The Bertz CT molecular complexity index is 675. The van der Waals surface area contributed by atoms with Crippen molar-refractivity contribution in [3.8, 4) is 5.75 Å². The molecule has 2 aromatic rings. The quantitative estimate of drug-likeness (QED) is 0.682. The summed E-state index contributed by atoms with van der Waals surface area (Å²) in [4.78, 5) is 18.8. The van der Waals surface area contributed by atoms with Gasteiger partial charge in [0.2, 0.25) is 0 Å². The van der Waals surface area contributed by atoms with E-state index in [-0.39, 0.29) is 6.03 Å². The summed E-state index contributed by atoms with van der Waals surface area (Å²) in [6, 6.07) is 7.60. The Labute approximate surface area is 158 Å². The number of hydrogen-bond donors (Lipinski definition) is 2. The van der Waals surface area contributed by atoms with Crippen LogP contribution in [-0.2, 0) is 0 Å². The molecule has 2 amide bonds. The first kappa shape index (κ1) is 18.5. The predicted molar refractivity (Wildman–Crippen MR) is 106 cm³/mol. The lowest BCUT2D eigenvalue weighted by Crippen LogP contribution is -2.41. The third-order valence-corrected chi connectivity index (χ3v) is 5.23. The van der Waals surface area contributed by atoms with Crippen molar-refractivity contribution in [2.75, 3.05) is 29.9 Å². The first-order valence-corrected chi connectivity index (χ1v) is 10.1. The zero-order valence-corrected chi connectivity index (χ0v) is 15.9. The van der Waals surface area contributed by atoms with Crippen LogP contribution in [-0.4, -0.2) is 36.8 Å². The maximum atomic E-state index is 12.2. The standard InChI is InChI=1S/C19H26N4O2S/c1-2-3-12-25-17-8-6-15(7-9-17)22-18(24)21-14-16-5-4-11-23(16)19-20-10-13-26-19/h6-10,13,16H,2-5,11-12,14H2,1H3,(H2,21,22,24). The summed E-state index contributed by atoms with van der Waals surface area (Å²) >= 11 is 1.64. The molecule has 0 bridgehead atoms.